The molecule has 1 N–H and O–H groups in total. The Hall–Kier alpha value is -3.38. The number of carboxylic acid groups (broad SMARTS) is 1. The van der Waals surface area contributed by atoms with Crippen LogP contribution in [0.15, 0.2) is 42.5 Å². The molecule has 4 atom stereocenters. The molecule has 2 aromatic carbocycles. The molecule has 0 bridgehead atoms. The summed E-state index contributed by atoms with van der Waals surface area (Å²) in [5.74, 6) is -2.93. The molecule has 47 heavy (non-hydrogen) atoms. The highest BCUT2D eigenvalue weighted by atomic mass is 19.4. The van der Waals surface area contributed by atoms with E-state index in [4.69, 9.17) is 9.47 Å². The van der Waals surface area contributed by atoms with E-state index in [1.54, 1.807) is 31.4 Å². The molecule has 0 aromatic heterocycles. The predicted octanol–water partition coefficient (Wildman–Crippen LogP) is 5.81. The van der Waals surface area contributed by atoms with Gasteiger partial charge in [-0.1, -0.05) is 18.2 Å². The van der Waals surface area contributed by atoms with Crippen molar-refractivity contribution in [3.8, 4) is 5.75 Å². The van der Waals surface area contributed by atoms with E-state index in [2.05, 4.69) is 0 Å². The van der Waals surface area contributed by atoms with Crippen molar-refractivity contribution in [1.82, 2.24) is 9.80 Å². The fourth-order valence-corrected chi connectivity index (χ4v) is 7.46. The van der Waals surface area contributed by atoms with Gasteiger partial charge in [-0.25, -0.2) is 4.39 Å². The Labute approximate surface area is 273 Å². The van der Waals surface area contributed by atoms with Crippen LogP contribution in [0.4, 0.5) is 23.2 Å². The molecule has 3 fully saturated rings. The zero-order valence-corrected chi connectivity index (χ0v) is 27.6. The molecule has 3 aliphatic rings. The van der Waals surface area contributed by atoms with E-state index < -0.39 is 52.6 Å². The van der Waals surface area contributed by atoms with E-state index in [-0.39, 0.29) is 45.2 Å². The number of nitrogens with zero attached hydrogens (tertiary/aromatic N) is 3. The van der Waals surface area contributed by atoms with Crippen molar-refractivity contribution in [2.45, 2.75) is 62.8 Å². The molecule has 0 saturated carbocycles. The molecule has 0 unspecified atom stereocenters. The number of carboxylic acids is 1. The number of hydrogen-bond acceptors (Lipinski definition) is 6. The Kier molecular flexibility index (Phi) is 9.86. The first-order valence-electron chi connectivity index (χ1n) is 16.1. The van der Waals surface area contributed by atoms with E-state index in [1.165, 1.54) is 18.1 Å². The highest BCUT2D eigenvalue weighted by molar-refractivity contribution is 5.88. The van der Waals surface area contributed by atoms with Gasteiger partial charge < -0.3 is 24.4 Å². The standard InChI is InChI=1S/C35H45F4N3O5/c1-33(2,3)42-19-29(22-6-9-26(47-5)10-7-22)34(36,21-42)32(45)41-17-24(20-46-4)28(18-41)27-11-8-25(35(37,38)39)16-30(27)40-14-12-23(13-15-40)31(43)44/h6-11,16,23-24,28-29H,12-15,17-21H2,1-5H3,(H,43,44)/t24-,28+,29+,34+/m1/s1. The van der Waals surface area contributed by atoms with Gasteiger partial charge in [-0.15, -0.1) is 0 Å². The number of piperidine rings is 1. The molecule has 0 radical (unpaired) electrons. The van der Waals surface area contributed by atoms with Crippen LogP contribution < -0.4 is 9.64 Å². The van der Waals surface area contributed by atoms with Gasteiger partial charge in [-0.3, -0.25) is 14.5 Å². The van der Waals surface area contributed by atoms with Crippen molar-refractivity contribution in [1.29, 1.82) is 0 Å². The number of carbonyl (C=O) groups is 2. The van der Waals surface area contributed by atoms with E-state index in [9.17, 15) is 27.9 Å². The van der Waals surface area contributed by atoms with Gasteiger partial charge in [0.15, 0.2) is 0 Å². The average Bonchev–Trinajstić information content (AvgIpc) is 3.62. The van der Waals surface area contributed by atoms with Crippen LogP contribution in [-0.2, 0) is 20.5 Å². The number of ether oxygens (including phenoxy) is 2. The van der Waals surface area contributed by atoms with Gasteiger partial charge in [0.05, 0.1) is 25.2 Å². The second-order valence-electron chi connectivity index (χ2n) is 14.1. The molecule has 0 aliphatic carbocycles. The molecule has 8 nitrogen and oxygen atoms in total. The van der Waals surface area contributed by atoms with Crippen LogP contribution in [0.2, 0.25) is 0 Å². The first kappa shape index (κ1) is 34.9. The summed E-state index contributed by atoms with van der Waals surface area (Å²) in [7, 11) is 3.08. The van der Waals surface area contributed by atoms with Crippen molar-refractivity contribution in [2.75, 3.05) is 65.0 Å². The third kappa shape index (κ3) is 7.09. The van der Waals surface area contributed by atoms with Crippen LogP contribution in [0, 0.1) is 11.8 Å². The Bertz CT molecular complexity index is 1440. The summed E-state index contributed by atoms with van der Waals surface area (Å²) in [5.41, 5.74) is -1.76. The number of aliphatic carboxylic acids is 1. The molecule has 5 rings (SSSR count). The van der Waals surface area contributed by atoms with E-state index >= 15 is 4.39 Å². The van der Waals surface area contributed by atoms with Gasteiger partial charge in [0.1, 0.15) is 5.75 Å². The Morgan fingerprint density at radius 2 is 1.64 bits per heavy atom. The van der Waals surface area contributed by atoms with Gasteiger partial charge in [0.2, 0.25) is 5.67 Å². The van der Waals surface area contributed by atoms with Crippen LogP contribution in [0.1, 0.15) is 62.1 Å². The van der Waals surface area contributed by atoms with Gasteiger partial charge >= 0.3 is 12.1 Å². The van der Waals surface area contributed by atoms with E-state index in [0.717, 1.165) is 12.1 Å². The lowest BCUT2D eigenvalue weighted by molar-refractivity contribution is -0.144. The van der Waals surface area contributed by atoms with E-state index in [1.807, 2.05) is 30.6 Å². The van der Waals surface area contributed by atoms with Gasteiger partial charge in [0, 0.05) is 75.4 Å². The minimum absolute atomic E-state index is 0.0911. The average molecular weight is 664 g/mol. The minimum atomic E-state index is -4.57. The minimum Gasteiger partial charge on any atom is -0.497 e. The molecular formula is C35H45F4N3O5. The summed E-state index contributed by atoms with van der Waals surface area (Å²) < 4.78 is 70.0. The van der Waals surface area contributed by atoms with Crippen molar-refractivity contribution >= 4 is 17.6 Å². The predicted molar refractivity (Wildman–Crippen MR) is 170 cm³/mol. The lowest BCUT2D eigenvalue weighted by Gasteiger charge is -2.35. The Morgan fingerprint density at radius 1 is 0.979 bits per heavy atom. The SMILES string of the molecule is COC[C@H]1CN(C(=O)[C@]2(F)CN(C(C)(C)C)C[C@H]2c2ccc(OC)cc2)C[C@@H]1c1ccc(C(F)(F)F)cc1N1CCC(C(=O)O)CC1. The number of carbonyl (C=O) groups excluding carboxylic acids is 1. The van der Waals surface area contributed by atoms with Crippen LogP contribution in [0.25, 0.3) is 0 Å². The maximum Gasteiger partial charge on any atom is 0.416 e. The van der Waals surface area contributed by atoms with Crippen molar-refractivity contribution in [3.63, 3.8) is 0 Å². The summed E-state index contributed by atoms with van der Waals surface area (Å²) in [5, 5.41) is 9.48. The number of likely N-dealkylation sites (tertiary alicyclic amines) is 2. The van der Waals surface area contributed by atoms with E-state index in [0.29, 0.717) is 42.0 Å². The smallest absolute Gasteiger partial charge is 0.416 e. The number of amides is 1. The number of hydrogen-bond donors (Lipinski definition) is 1. The summed E-state index contributed by atoms with van der Waals surface area (Å²) in [6.07, 6.45) is -3.96. The van der Waals surface area contributed by atoms with Crippen molar-refractivity contribution in [3.05, 3.63) is 59.2 Å². The molecule has 0 spiro atoms. The molecule has 1 amide bonds. The number of anilines is 1. The summed E-state index contributed by atoms with van der Waals surface area (Å²) in [6.45, 7) is 7.32. The van der Waals surface area contributed by atoms with Gasteiger partial charge in [0.25, 0.3) is 5.91 Å². The number of benzene rings is 2. The Morgan fingerprint density at radius 3 is 2.19 bits per heavy atom. The third-order valence-electron chi connectivity index (χ3n) is 10.2. The molecule has 2 aromatic rings. The zero-order valence-electron chi connectivity index (χ0n) is 27.6. The normalized spacial score (nSPS) is 26.2. The molecule has 3 heterocycles. The molecule has 258 valence electrons. The topological polar surface area (TPSA) is 82.6 Å². The Balaban J connectivity index is 1.48. The zero-order chi connectivity index (χ0) is 34.3. The van der Waals surface area contributed by atoms with Gasteiger partial charge in [-0.2, -0.15) is 13.2 Å². The van der Waals surface area contributed by atoms with Crippen LogP contribution in [0.5, 0.6) is 5.75 Å². The number of halogens is 4. The summed E-state index contributed by atoms with van der Waals surface area (Å²) >= 11 is 0. The molecule has 3 saturated heterocycles. The molecular weight excluding hydrogens is 618 g/mol. The second-order valence-corrected chi connectivity index (χ2v) is 14.1. The van der Waals surface area contributed by atoms with Crippen LogP contribution in [-0.4, -0.2) is 98.1 Å². The highest BCUT2D eigenvalue weighted by Gasteiger charge is 2.58. The summed E-state index contributed by atoms with van der Waals surface area (Å²) in [4.78, 5) is 31.3. The largest absolute Gasteiger partial charge is 0.497 e. The second kappa shape index (κ2) is 13.3. The molecule has 12 heteroatoms. The third-order valence-corrected chi connectivity index (χ3v) is 10.2. The van der Waals surface area contributed by atoms with Gasteiger partial charge in [-0.05, 0) is 69.0 Å². The summed E-state index contributed by atoms with van der Waals surface area (Å²) in [6, 6.07) is 10.7. The monoisotopic (exact) mass is 663 g/mol. The maximum absolute atomic E-state index is 17.5. The highest BCUT2D eigenvalue weighted by Crippen LogP contribution is 2.47. The van der Waals surface area contributed by atoms with Crippen molar-refractivity contribution in [2.24, 2.45) is 11.8 Å². The first-order chi connectivity index (χ1) is 22.1. The lowest BCUT2D eigenvalue weighted by atomic mass is 9.85. The molecule has 3 aliphatic heterocycles. The lowest BCUT2D eigenvalue weighted by Crippen LogP contribution is -2.51. The quantitative estimate of drug-likeness (QED) is 0.357. The maximum atomic E-state index is 17.5. The van der Waals surface area contributed by atoms with Crippen LogP contribution in [0.3, 0.4) is 0 Å². The number of alkyl halides is 4. The fourth-order valence-electron chi connectivity index (χ4n) is 7.46. The number of rotatable bonds is 8. The number of methoxy groups -OCH3 is 2. The van der Waals surface area contributed by atoms with Crippen LogP contribution >= 0.6 is 0 Å². The fraction of sp³-hybridized carbons (Fsp3) is 0.600. The van der Waals surface area contributed by atoms with Crippen molar-refractivity contribution < 1.29 is 41.7 Å². The first-order valence-corrected chi connectivity index (χ1v) is 16.1.